The Morgan fingerprint density at radius 1 is 1.50 bits per heavy atom. The second kappa shape index (κ2) is 4.39. The second-order valence-electron chi connectivity index (χ2n) is 3.11. The number of aromatic nitrogens is 1. The minimum absolute atomic E-state index is 0.00162. The standard InChI is InChI=1S/C11H7FN2OS/c12-10-2-1-7(3-8(10)4-13)11-14-9(5-15)6-16-11/h1-3,6,15H,5H2. The van der Waals surface area contributed by atoms with E-state index in [0.717, 1.165) is 0 Å². The highest BCUT2D eigenvalue weighted by Gasteiger charge is 2.07. The zero-order chi connectivity index (χ0) is 11.5. The summed E-state index contributed by atoms with van der Waals surface area (Å²) in [6, 6.07) is 6.04. The largest absolute Gasteiger partial charge is 0.390 e. The smallest absolute Gasteiger partial charge is 0.140 e. The van der Waals surface area contributed by atoms with Gasteiger partial charge in [0.25, 0.3) is 0 Å². The van der Waals surface area contributed by atoms with Crippen LogP contribution >= 0.6 is 11.3 Å². The maximum Gasteiger partial charge on any atom is 0.140 e. The van der Waals surface area contributed by atoms with Gasteiger partial charge in [0.1, 0.15) is 16.9 Å². The molecule has 5 heteroatoms. The molecule has 2 rings (SSSR count). The molecule has 0 fully saturated rings. The Bertz CT molecular complexity index is 559. The van der Waals surface area contributed by atoms with E-state index in [-0.39, 0.29) is 12.2 Å². The van der Waals surface area contributed by atoms with E-state index in [1.165, 1.54) is 23.5 Å². The van der Waals surface area contributed by atoms with Crippen molar-refractivity contribution in [3.05, 3.63) is 40.7 Å². The van der Waals surface area contributed by atoms with Crippen molar-refractivity contribution >= 4 is 11.3 Å². The first-order valence-electron chi connectivity index (χ1n) is 4.50. The maximum absolute atomic E-state index is 13.1. The van der Waals surface area contributed by atoms with Crippen LogP contribution in [0.1, 0.15) is 11.3 Å². The van der Waals surface area contributed by atoms with Gasteiger partial charge in [0.15, 0.2) is 0 Å². The van der Waals surface area contributed by atoms with Crippen molar-refractivity contribution < 1.29 is 9.50 Å². The number of aliphatic hydroxyl groups is 1. The van der Waals surface area contributed by atoms with Crippen LogP contribution < -0.4 is 0 Å². The number of nitriles is 1. The molecule has 0 bridgehead atoms. The van der Waals surface area contributed by atoms with Gasteiger partial charge in [0, 0.05) is 10.9 Å². The molecule has 80 valence electrons. The van der Waals surface area contributed by atoms with E-state index >= 15 is 0 Å². The number of nitrogens with zero attached hydrogens (tertiary/aromatic N) is 2. The average Bonchev–Trinajstić information content (AvgIpc) is 2.78. The molecule has 1 N–H and O–H groups in total. The summed E-state index contributed by atoms with van der Waals surface area (Å²) >= 11 is 1.35. The summed E-state index contributed by atoms with van der Waals surface area (Å²) in [6.45, 7) is -0.122. The Kier molecular flexibility index (Phi) is 2.95. The Morgan fingerprint density at radius 2 is 2.31 bits per heavy atom. The molecule has 2 aromatic rings. The van der Waals surface area contributed by atoms with Gasteiger partial charge < -0.3 is 5.11 Å². The van der Waals surface area contributed by atoms with Crippen LogP contribution in [-0.2, 0) is 6.61 Å². The number of thiazole rings is 1. The molecule has 0 radical (unpaired) electrons. The van der Waals surface area contributed by atoms with E-state index in [2.05, 4.69) is 4.98 Å². The number of aliphatic hydroxyl groups excluding tert-OH is 1. The van der Waals surface area contributed by atoms with Crippen LogP contribution in [0.4, 0.5) is 4.39 Å². The molecule has 0 saturated heterocycles. The third-order valence-corrected chi connectivity index (χ3v) is 2.99. The number of hydrogen-bond acceptors (Lipinski definition) is 4. The Labute approximate surface area is 95.4 Å². The van der Waals surface area contributed by atoms with Gasteiger partial charge >= 0.3 is 0 Å². The van der Waals surface area contributed by atoms with Crippen molar-refractivity contribution in [3.63, 3.8) is 0 Å². The first kappa shape index (κ1) is 10.7. The van der Waals surface area contributed by atoms with E-state index in [0.29, 0.717) is 16.3 Å². The quantitative estimate of drug-likeness (QED) is 0.867. The monoisotopic (exact) mass is 234 g/mol. The average molecular weight is 234 g/mol. The van der Waals surface area contributed by atoms with Crippen LogP contribution in [0.25, 0.3) is 10.6 Å². The van der Waals surface area contributed by atoms with Crippen LogP contribution in [0.3, 0.4) is 0 Å². The van der Waals surface area contributed by atoms with E-state index in [1.54, 1.807) is 17.5 Å². The zero-order valence-corrected chi connectivity index (χ0v) is 8.96. The Balaban J connectivity index is 2.45. The number of halogens is 1. The van der Waals surface area contributed by atoms with Crippen LogP contribution in [0.15, 0.2) is 23.6 Å². The second-order valence-corrected chi connectivity index (χ2v) is 3.97. The lowest BCUT2D eigenvalue weighted by molar-refractivity contribution is 0.278. The molecule has 0 saturated carbocycles. The van der Waals surface area contributed by atoms with Crippen LogP contribution in [-0.4, -0.2) is 10.1 Å². The molecule has 0 unspecified atom stereocenters. The van der Waals surface area contributed by atoms with Gasteiger partial charge in [-0.1, -0.05) is 0 Å². The fourth-order valence-corrected chi connectivity index (χ4v) is 2.06. The lowest BCUT2D eigenvalue weighted by Crippen LogP contribution is -1.86. The predicted octanol–water partition coefficient (Wildman–Crippen LogP) is 2.31. The Morgan fingerprint density at radius 3 is 2.94 bits per heavy atom. The summed E-state index contributed by atoms with van der Waals surface area (Å²) in [6.07, 6.45) is 0. The van der Waals surface area contributed by atoms with Crippen molar-refractivity contribution in [1.82, 2.24) is 4.98 Å². The van der Waals surface area contributed by atoms with Crippen LogP contribution in [0.2, 0.25) is 0 Å². The van der Waals surface area contributed by atoms with Gasteiger partial charge in [0.05, 0.1) is 17.9 Å². The number of hydrogen-bond donors (Lipinski definition) is 1. The molecule has 0 atom stereocenters. The molecule has 1 aromatic carbocycles. The summed E-state index contributed by atoms with van der Waals surface area (Å²) in [5, 5.41) is 20.0. The summed E-state index contributed by atoms with van der Waals surface area (Å²) < 4.78 is 13.1. The van der Waals surface area contributed by atoms with Crippen molar-refractivity contribution in [2.45, 2.75) is 6.61 Å². The fourth-order valence-electron chi connectivity index (χ4n) is 1.26. The summed E-state index contributed by atoms with van der Waals surface area (Å²) in [5.41, 5.74) is 1.25. The molecule has 0 aliphatic rings. The minimum atomic E-state index is -0.537. The molecule has 1 aromatic heterocycles. The maximum atomic E-state index is 13.1. The highest BCUT2D eigenvalue weighted by atomic mass is 32.1. The molecular weight excluding hydrogens is 227 g/mol. The molecule has 0 aliphatic carbocycles. The minimum Gasteiger partial charge on any atom is -0.390 e. The van der Waals surface area contributed by atoms with Gasteiger partial charge in [-0.2, -0.15) is 5.26 Å². The van der Waals surface area contributed by atoms with Gasteiger partial charge in [-0.15, -0.1) is 11.3 Å². The number of benzene rings is 1. The van der Waals surface area contributed by atoms with E-state index < -0.39 is 5.82 Å². The van der Waals surface area contributed by atoms with Crippen LogP contribution in [0, 0.1) is 17.1 Å². The van der Waals surface area contributed by atoms with E-state index in [1.807, 2.05) is 0 Å². The lowest BCUT2D eigenvalue weighted by atomic mass is 10.1. The summed E-state index contributed by atoms with van der Waals surface area (Å²) in [5.74, 6) is -0.537. The highest BCUT2D eigenvalue weighted by Crippen LogP contribution is 2.25. The highest BCUT2D eigenvalue weighted by molar-refractivity contribution is 7.13. The van der Waals surface area contributed by atoms with Crippen LogP contribution in [0.5, 0.6) is 0 Å². The topological polar surface area (TPSA) is 56.9 Å². The SMILES string of the molecule is N#Cc1cc(-c2nc(CO)cs2)ccc1F. The zero-order valence-electron chi connectivity index (χ0n) is 8.14. The van der Waals surface area contributed by atoms with Crippen molar-refractivity contribution in [3.8, 4) is 16.6 Å². The Hall–Kier alpha value is -1.77. The summed E-state index contributed by atoms with van der Waals surface area (Å²) in [4.78, 5) is 4.14. The van der Waals surface area contributed by atoms with E-state index in [4.69, 9.17) is 10.4 Å². The molecule has 3 nitrogen and oxygen atoms in total. The first-order chi connectivity index (χ1) is 7.74. The predicted molar refractivity (Wildman–Crippen MR) is 58.1 cm³/mol. The van der Waals surface area contributed by atoms with Crippen molar-refractivity contribution in [2.75, 3.05) is 0 Å². The fraction of sp³-hybridized carbons (Fsp3) is 0.0909. The molecule has 0 spiro atoms. The molecule has 1 heterocycles. The third kappa shape index (κ3) is 1.94. The lowest BCUT2D eigenvalue weighted by Gasteiger charge is -1.97. The number of rotatable bonds is 2. The van der Waals surface area contributed by atoms with Gasteiger partial charge in [-0.3, -0.25) is 0 Å². The van der Waals surface area contributed by atoms with Crippen molar-refractivity contribution in [1.29, 1.82) is 5.26 Å². The molecular formula is C11H7FN2OS. The van der Waals surface area contributed by atoms with Crippen molar-refractivity contribution in [2.24, 2.45) is 0 Å². The molecule has 0 amide bonds. The van der Waals surface area contributed by atoms with Gasteiger partial charge in [-0.05, 0) is 18.2 Å². The molecule has 16 heavy (non-hydrogen) atoms. The summed E-state index contributed by atoms with van der Waals surface area (Å²) in [7, 11) is 0. The third-order valence-electron chi connectivity index (χ3n) is 2.05. The first-order valence-corrected chi connectivity index (χ1v) is 5.38. The van der Waals surface area contributed by atoms with E-state index in [9.17, 15) is 4.39 Å². The van der Waals surface area contributed by atoms with Gasteiger partial charge in [-0.25, -0.2) is 9.37 Å². The normalized spacial score (nSPS) is 10.1. The van der Waals surface area contributed by atoms with Gasteiger partial charge in [0.2, 0.25) is 0 Å². The molecule has 0 aliphatic heterocycles.